The number of H-pyrrole nitrogens is 1. The summed E-state index contributed by atoms with van der Waals surface area (Å²) in [7, 11) is 0. The second kappa shape index (κ2) is 8.64. The Balaban J connectivity index is 1.91. The van der Waals surface area contributed by atoms with Crippen LogP contribution in [0.1, 0.15) is 61.5 Å². The van der Waals surface area contributed by atoms with Crippen LogP contribution >= 0.6 is 0 Å². The number of hydrogen-bond donors (Lipinski definition) is 3. The molecule has 1 aromatic rings. The normalized spacial score (nSPS) is 16.2. The molecule has 1 aromatic heterocycles. The number of carboxylic acids is 1. The Labute approximate surface area is 147 Å². The summed E-state index contributed by atoms with van der Waals surface area (Å²) in [6.07, 6.45) is 4.34. The minimum Gasteiger partial charge on any atom is -0.479 e. The van der Waals surface area contributed by atoms with E-state index < -0.39 is 17.9 Å². The molecule has 8 nitrogen and oxygen atoms in total. The Morgan fingerprint density at radius 3 is 2.32 bits per heavy atom. The predicted octanol–water partition coefficient (Wildman–Crippen LogP) is 1.45. The first-order chi connectivity index (χ1) is 11.9. The van der Waals surface area contributed by atoms with Crippen molar-refractivity contribution in [2.24, 2.45) is 0 Å². The van der Waals surface area contributed by atoms with Crippen molar-refractivity contribution in [3.63, 3.8) is 0 Å². The van der Waals surface area contributed by atoms with Crippen LogP contribution in [-0.4, -0.2) is 51.1 Å². The largest absolute Gasteiger partial charge is 0.479 e. The lowest BCUT2D eigenvalue weighted by molar-refractivity contribution is -0.142. The summed E-state index contributed by atoms with van der Waals surface area (Å²) in [6, 6.07) is -1.17. The molecule has 0 aliphatic carbocycles. The lowest BCUT2D eigenvalue weighted by Gasteiger charge is -2.20. The average Bonchev–Trinajstić information content (AvgIpc) is 2.79. The molecule has 2 rings (SSSR count). The van der Waals surface area contributed by atoms with Crippen LogP contribution in [0, 0.1) is 13.8 Å². The molecule has 0 aromatic carbocycles. The maximum absolute atomic E-state index is 12.2. The molecule has 8 heteroatoms. The van der Waals surface area contributed by atoms with E-state index in [0.29, 0.717) is 17.0 Å². The third kappa shape index (κ3) is 5.04. The van der Waals surface area contributed by atoms with Crippen molar-refractivity contribution in [1.82, 2.24) is 20.4 Å². The summed E-state index contributed by atoms with van der Waals surface area (Å²) in [5.41, 5.74) is 1.59. The van der Waals surface area contributed by atoms with E-state index in [1.807, 2.05) is 0 Å². The number of carbonyl (C=O) groups is 3. The number of aryl methyl sites for hydroxylation is 2. The number of carbonyl (C=O) groups excluding carboxylic acids is 2. The van der Waals surface area contributed by atoms with Crippen molar-refractivity contribution in [3.05, 3.63) is 17.0 Å². The van der Waals surface area contributed by atoms with E-state index in [9.17, 15) is 19.5 Å². The molecule has 2 heterocycles. The van der Waals surface area contributed by atoms with Gasteiger partial charge < -0.3 is 15.3 Å². The topological polar surface area (TPSA) is 115 Å². The lowest BCUT2D eigenvalue weighted by atomic mass is 10.0. The first kappa shape index (κ1) is 19.0. The van der Waals surface area contributed by atoms with Crippen LogP contribution in [0.2, 0.25) is 0 Å². The molecule has 138 valence electrons. The summed E-state index contributed by atoms with van der Waals surface area (Å²) in [5.74, 6) is -1.64. The highest BCUT2D eigenvalue weighted by molar-refractivity contribution is 5.87. The number of likely N-dealkylation sites (tertiary alicyclic amines) is 1. The monoisotopic (exact) mass is 350 g/mol. The van der Waals surface area contributed by atoms with Gasteiger partial charge in [0.15, 0.2) is 6.04 Å². The molecule has 0 saturated carbocycles. The van der Waals surface area contributed by atoms with E-state index in [-0.39, 0.29) is 18.7 Å². The van der Waals surface area contributed by atoms with Gasteiger partial charge in [-0.15, -0.1) is 0 Å². The van der Waals surface area contributed by atoms with E-state index >= 15 is 0 Å². The molecule has 0 radical (unpaired) electrons. The third-order valence-corrected chi connectivity index (χ3v) is 4.55. The number of hydrogen-bond acceptors (Lipinski definition) is 4. The summed E-state index contributed by atoms with van der Waals surface area (Å²) < 4.78 is 0. The highest BCUT2D eigenvalue weighted by atomic mass is 16.4. The minimum atomic E-state index is -1.17. The maximum Gasteiger partial charge on any atom is 0.331 e. The number of nitrogens with zero attached hydrogens (tertiary/aromatic N) is 2. The second-order valence-corrected chi connectivity index (χ2v) is 6.48. The highest BCUT2D eigenvalue weighted by Gasteiger charge is 2.27. The second-order valence-electron chi connectivity index (χ2n) is 6.48. The number of aromatic nitrogens is 2. The van der Waals surface area contributed by atoms with Crippen LogP contribution in [-0.2, 0) is 14.4 Å². The van der Waals surface area contributed by atoms with Gasteiger partial charge in [-0.2, -0.15) is 5.10 Å². The molecule has 0 unspecified atom stereocenters. The fourth-order valence-electron chi connectivity index (χ4n) is 3.17. The Morgan fingerprint density at radius 2 is 1.80 bits per heavy atom. The van der Waals surface area contributed by atoms with Crippen LogP contribution in [0.25, 0.3) is 0 Å². The molecule has 2 amide bonds. The van der Waals surface area contributed by atoms with E-state index in [1.165, 1.54) is 0 Å². The van der Waals surface area contributed by atoms with Gasteiger partial charge in [0.05, 0.1) is 5.69 Å². The first-order valence-corrected chi connectivity index (χ1v) is 8.71. The molecule has 1 atom stereocenters. The number of aliphatic carboxylic acids is 1. The van der Waals surface area contributed by atoms with Gasteiger partial charge in [-0.25, -0.2) is 4.79 Å². The third-order valence-electron chi connectivity index (χ3n) is 4.55. The number of aromatic amines is 1. The number of carboxylic acid groups (broad SMARTS) is 1. The smallest absolute Gasteiger partial charge is 0.331 e. The van der Waals surface area contributed by atoms with E-state index in [4.69, 9.17) is 0 Å². The van der Waals surface area contributed by atoms with Crippen LogP contribution in [0.15, 0.2) is 0 Å². The van der Waals surface area contributed by atoms with Crippen molar-refractivity contribution < 1.29 is 19.5 Å². The van der Waals surface area contributed by atoms with Crippen LogP contribution < -0.4 is 5.32 Å². The molecule has 25 heavy (non-hydrogen) atoms. The summed E-state index contributed by atoms with van der Waals surface area (Å²) in [4.78, 5) is 37.7. The van der Waals surface area contributed by atoms with Crippen LogP contribution in [0.5, 0.6) is 0 Å². The highest BCUT2D eigenvalue weighted by Crippen LogP contribution is 2.20. The van der Waals surface area contributed by atoms with Gasteiger partial charge in [0.1, 0.15) is 0 Å². The zero-order valence-corrected chi connectivity index (χ0v) is 14.8. The van der Waals surface area contributed by atoms with E-state index in [1.54, 1.807) is 18.7 Å². The SMILES string of the molecule is Cc1n[nH]c(C)c1[C@H](NC(=O)CCC(=O)N1CCCCCC1)C(=O)O. The Morgan fingerprint density at radius 1 is 1.16 bits per heavy atom. The van der Waals surface area contributed by atoms with E-state index in [2.05, 4.69) is 15.5 Å². The van der Waals surface area contributed by atoms with Crippen LogP contribution in [0.3, 0.4) is 0 Å². The van der Waals surface area contributed by atoms with Gasteiger partial charge in [-0.3, -0.25) is 14.7 Å². The standard InChI is InChI=1S/C17H26N4O4/c1-11-15(12(2)20-19-11)16(17(24)25)18-13(22)7-8-14(23)21-9-5-3-4-6-10-21/h16H,3-10H2,1-2H3,(H,18,22)(H,19,20)(H,24,25)/t16-/m0/s1. The molecular formula is C17H26N4O4. The van der Waals surface area contributed by atoms with Gasteiger partial charge in [0, 0.05) is 37.2 Å². The molecule has 1 fully saturated rings. The van der Waals surface area contributed by atoms with Crippen LogP contribution in [0.4, 0.5) is 0 Å². The van der Waals surface area contributed by atoms with E-state index in [0.717, 1.165) is 38.8 Å². The van der Waals surface area contributed by atoms with Gasteiger partial charge in [-0.05, 0) is 26.7 Å². The molecule has 1 aliphatic heterocycles. The molecule has 3 N–H and O–H groups in total. The molecular weight excluding hydrogens is 324 g/mol. The van der Waals surface area contributed by atoms with Gasteiger partial charge >= 0.3 is 5.97 Å². The van der Waals surface area contributed by atoms with Gasteiger partial charge in [0.2, 0.25) is 11.8 Å². The minimum absolute atomic E-state index is 0.0188. The van der Waals surface area contributed by atoms with Crippen molar-refractivity contribution in [1.29, 1.82) is 0 Å². The summed E-state index contributed by atoms with van der Waals surface area (Å²) in [6.45, 7) is 4.88. The molecule has 0 bridgehead atoms. The Kier molecular flexibility index (Phi) is 6.55. The number of rotatable bonds is 6. The fourth-order valence-corrected chi connectivity index (χ4v) is 3.17. The summed E-state index contributed by atoms with van der Waals surface area (Å²) >= 11 is 0. The van der Waals surface area contributed by atoms with Crippen molar-refractivity contribution >= 4 is 17.8 Å². The Hall–Kier alpha value is -2.38. The molecule has 1 saturated heterocycles. The first-order valence-electron chi connectivity index (χ1n) is 8.71. The predicted molar refractivity (Wildman–Crippen MR) is 90.9 cm³/mol. The van der Waals surface area contributed by atoms with Crippen molar-refractivity contribution in [2.75, 3.05) is 13.1 Å². The zero-order chi connectivity index (χ0) is 18.4. The van der Waals surface area contributed by atoms with Crippen molar-refractivity contribution in [3.8, 4) is 0 Å². The van der Waals surface area contributed by atoms with Crippen molar-refractivity contribution in [2.45, 2.75) is 58.4 Å². The summed E-state index contributed by atoms with van der Waals surface area (Å²) in [5, 5.41) is 18.6. The van der Waals surface area contributed by atoms with Gasteiger partial charge in [0.25, 0.3) is 0 Å². The quantitative estimate of drug-likeness (QED) is 0.718. The molecule has 0 spiro atoms. The lowest BCUT2D eigenvalue weighted by Crippen LogP contribution is -2.36. The van der Waals surface area contributed by atoms with Gasteiger partial charge in [-0.1, -0.05) is 12.8 Å². The maximum atomic E-state index is 12.2. The Bertz CT molecular complexity index is 613. The number of amides is 2. The zero-order valence-electron chi connectivity index (χ0n) is 14.8. The number of nitrogens with one attached hydrogen (secondary N) is 2. The molecule has 1 aliphatic rings. The fraction of sp³-hybridized carbons (Fsp3) is 0.647. The average molecular weight is 350 g/mol.